The van der Waals surface area contributed by atoms with E-state index in [-0.39, 0.29) is 30.8 Å². The summed E-state index contributed by atoms with van der Waals surface area (Å²) in [5.74, 6) is 0.236. The molecule has 1 saturated heterocycles. The Morgan fingerprint density at radius 2 is 1.91 bits per heavy atom. The first-order valence-corrected chi connectivity index (χ1v) is 10.8. The lowest BCUT2D eigenvalue weighted by Crippen LogP contribution is -2.50. The average molecular weight is 459 g/mol. The largest absolute Gasteiger partial charge is 0.493 e. The third kappa shape index (κ3) is 6.59. The van der Waals surface area contributed by atoms with E-state index in [1.165, 1.54) is 19.1 Å². The van der Waals surface area contributed by atoms with Crippen LogP contribution in [-0.4, -0.2) is 68.3 Å². The molecule has 1 fully saturated rings. The molecule has 0 spiro atoms. The van der Waals surface area contributed by atoms with Crippen LogP contribution in [0.3, 0.4) is 0 Å². The van der Waals surface area contributed by atoms with Crippen LogP contribution in [-0.2, 0) is 16.1 Å². The second-order valence-electron chi connectivity index (χ2n) is 7.67. The van der Waals surface area contributed by atoms with Gasteiger partial charge in [-0.3, -0.25) is 4.79 Å². The van der Waals surface area contributed by atoms with E-state index in [2.05, 4.69) is 5.32 Å². The van der Waals surface area contributed by atoms with Crippen molar-refractivity contribution < 1.29 is 33.6 Å². The van der Waals surface area contributed by atoms with Crippen molar-refractivity contribution in [1.82, 2.24) is 10.2 Å². The van der Waals surface area contributed by atoms with E-state index in [9.17, 15) is 14.7 Å². The number of likely N-dealkylation sites (tertiary alicyclic amines) is 1. The van der Waals surface area contributed by atoms with Crippen LogP contribution < -0.4 is 14.8 Å². The van der Waals surface area contributed by atoms with Crippen LogP contribution in [0.15, 0.2) is 48.5 Å². The summed E-state index contributed by atoms with van der Waals surface area (Å²) in [4.78, 5) is 26.2. The number of methoxy groups -OCH3 is 2. The Morgan fingerprint density at radius 1 is 1.12 bits per heavy atom. The van der Waals surface area contributed by atoms with E-state index in [4.69, 9.17) is 18.9 Å². The molecular weight excluding hydrogens is 428 g/mol. The lowest BCUT2D eigenvalue weighted by molar-refractivity contribution is 0.0105. The summed E-state index contributed by atoms with van der Waals surface area (Å²) in [5.41, 5.74) is 1.27. The number of carbonyl (C=O) groups excluding carboxylic acids is 1. The number of carboxylic acid groups (broad SMARTS) is 1. The quantitative estimate of drug-likeness (QED) is 0.556. The van der Waals surface area contributed by atoms with Gasteiger partial charge in [-0.2, -0.15) is 0 Å². The highest BCUT2D eigenvalue weighted by atomic mass is 16.7. The predicted molar refractivity (Wildman–Crippen MR) is 121 cm³/mol. The average Bonchev–Trinajstić information content (AvgIpc) is 3.04. The summed E-state index contributed by atoms with van der Waals surface area (Å²) in [5, 5.41) is 12.5. The highest BCUT2D eigenvalue weighted by Gasteiger charge is 2.32. The first kappa shape index (κ1) is 24.3. The second-order valence-corrected chi connectivity index (χ2v) is 7.67. The van der Waals surface area contributed by atoms with Crippen LogP contribution in [0.4, 0.5) is 4.79 Å². The van der Waals surface area contributed by atoms with Crippen LogP contribution in [0, 0.1) is 0 Å². The number of hydrogen-bond donors (Lipinski definition) is 2. The van der Waals surface area contributed by atoms with Crippen molar-refractivity contribution in [3.8, 4) is 11.5 Å². The molecule has 2 atom stereocenters. The Balaban J connectivity index is 1.81. The van der Waals surface area contributed by atoms with Crippen molar-refractivity contribution in [2.45, 2.75) is 31.6 Å². The fourth-order valence-electron chi connectivity index (χ4n) is 3.79. The highest BCUT2D eigenvalue weighted by molar-refractivity contribution is 5.98. The van der Waals surface area contributed by atoms with Crippen molar-refractivity contribution in [2.24, 2.45) is 0 Å². The second kappa shape index (κ2) is 12.1. The molecule has 0 radical (unpaired) electrons. The third-order valence-electron chi connectivity index (χ3n) is 5.44. The molecular formula is C24H30N2O7. The molecule has 1 aliphatic rings. The molecule has 2 N–H and O–H groups in total. The number of hydrogen-bond acceptors (Lipinski definition) is 6. The monoisotopic (exact) mass is 458 g/mol. The van der Waals surface area contributed by atoms with Crippen molar-refractivity contribution in [3.05, 3.63) is 59.7 Å². The predicted octanol–water partition coefficient (Wildman–Crippen LogP) is 3.14. The van der Waals surface area contributed by atoms with E-state index in [0.29, 0.717) is 31.7 Å². The zero-order valence-electron chi connectivity index (χ0n) is 18.9. The van der Waals surface area contributed by atoms with Crippen molar-refractivity contribution in [2.75, 3.05) is 34.1 Å². The third-order valence-corrected chi connectivity index (χ3v) is 5.44. The molecule has 33 heavy (non-hydrogen) atoms. The summed E-state index contributed by atoms with van der Waals surface area (Å²) in [7, 11) is 2.97. The van der Waals surface area contributed by atoms with Gasteiger partial charge >= 0.3 is 6.09 Å². The Hall–Kier alpha value is -3.30. The molecule has 0 aliphatic carbocycles. The summed E-state index contributed by atoms with van der Waals surface area (Å²) in [6, 6.07) is 14.2. The maximum Gasteiger partial charge on any atom is 0.407 e. The molecule has 3 rings (SSSR count). The zero-order valence-corrected chi connectivity index (χ0v) is 18.9. The van der Waals surface area contributed by atoms with Gasteiger partial charge in [-0.1, -0.05) is 36.4 Å². The number of nitrogens with zero attached hydrogens (tertiary/aromatic N) is 1. The van der Waals surface area contributed by atoms with E-state index in [1.807, 2.05) is 30.3 Å². The SMILES string of the molecule is COCOc1c(OC)cccc1C(=O)N[C@@H]1CN(C(=O)O)CCC[C@H]1OCc1ccccc1. The summed E-state index contributed by atoms with van der Waals surface area (Å²) in [6.07, 6.45) is -0.123. The number of para-hydroxylation sites is 1. The van der Waals surface area contributed by atoms with Crippen LogP contribution in [0.1, 0.15) is 28.8 Å². The normalized spacial score (nSPS) is 18.3. The lowest BCUT2D eigenvalue weighted by Gasteiger charge is -2.29. The van der Waals surface area contributed by atoms with Crippen molar-refractivity contribution in [3.63, 3.8) is 0 Å². The first-order valence-electron chi connectivity index (χ1n) is 10.8. The molecule has 2 amide bonds. The summed E-state index contributed by atoms with van der Waals surface area (Å²) >= 11 is 0. The summed E-state index contributed by atoms with van der Waals surface area (Å²) in [6.45, 7) is 0.818. The summed E-state index contributed by atoms with van der Waals surface area (Å²) < 4.78 is 22.1. The molecule has 2 aromatic rings. The Kier molecular flexibility index (Phi) is 8.91. The molecule has 178 valence electrons. The number of amides is 2. The number of ether oxygens (including phenoxy) is 4. The first-order chi connectivity index (χ1) is 16.0. The molecule has 0 saturated carbocycles. The minimum atomic E-state index is -1.02. The van der Waals surface area contributed by atoms with E-state index < -0.39 is 18.0 Å². The smallest absolute Gasteiger partial charge is 0.407 e. The van der Waals surface area contributed by atoms with Gasteiger partial charge in [0.1, 0.15) is 0 Å². The Labute approximate surface area is 193 Å². The molecule has 0 bridgehead atoms. The number of nitrogens with one attached hydrogen (secondary N) is 1. The van der Waals surface area contributed by atoms with Crippen LogP contribution >= 0.6 is 0 Å². The molecule has 1 heterocycles. The lowest BCUT2D eigenvalue weighted by atomic mass is 10.1. The van der Waals surface area contributed by atoms with Gasteiger partial charge < -0.3 is 34.3 Å². The minimum absolute atomic E-state index is 0.0559. The molecule has 0 unspecified atom stereocenters. The van der Waals surface area contributed by atoms with Gasteiger partial charge in [0, 0.05) is 20.2 Å². The van der Waals surface area contributed by atoms with E-state index in [1.54, 1.807) is 18.2 Å². The van der Waals surface area contributed by atoms with E-state index in [0.717, 1.165) is 5.56 Å². The van der Waals surface area contributed by atoms with Gasteiger partial charge in [-0.05, 0) is 30.5 Å². The zero-order chi connectivity index (χ0) is 23.6. The van der Waals surface area contributed by atoms with E-state index >= 15 is 0 Å². The maximum absolute atomic E-state index is 13.3. The maximum atomic E-state index is 13.3. The number of carbonyl (C=O) groups is 2. The Morgan fingerprint density at radius 3 is 2.61 bits per heavy atom. The molecule has 9 nitrogen and oxygen atoms in total. The minimum Gasteiger partial charge on any atom is -0.493 e. The molecule has 0 aromatic heterocycles. The van der Waals surface area contributed by atoms with Crippen LogP contribution in [0.2, 0.25) is 0 Å². The van der Waals surface area contributed by atoms with Crippen molar-refractivity contribution >= 4 is 12.0 Å². The highest BCUT2D eigenvalue weighted by Crippen LogP contribution is 2.31. The van der Waals surface area contributed by atoms with Gasteiger partial charge in [0.05, 0.1) is 31.4 Å². The van der Waals surface area contributed by atoms with Gasteiger partial charge in [0.25, 0.3) is 5.91 Å². The van der Waals surface area contributed by atoms with Gasteiger partial charge in [0.15, 0.2) is 18.3 Å². The van der Waals surface area contributed by atoms with Gasteiger partial charge in [-0.25, -0.2) is 4.79 Å². The van der Waals surface area contributed by atoms with Gasteiger partial charge in [0.2, 0.25) is 0 Å². The van der Waals surface area contributed by atoms with Crippen molar-refractivity contribution in [1.29, 1.82) is 0 Å². The topological polar surface area (TPSA) is 107 Å². The van der Waals surface area contributed by atoms with Crippen LogP contribution in [0.25, 0.3) is 0 Å². The molecule has 1 aliphatic heterocycles. The Bertz CT molecular complexity index is 922. The van der Waals surface area contributed by atoms with Crippen LogP contribution in [0.5, 0.6) is 11.5 Å². The fourth-order valence-corrected chi connectivity index (χ4v) is 3.79. The number of rotatable bonds is 9. The molecule has 2 aromatic carbocycles. The van der Waals surface area contributed by atoms with Gasteiger partial charge in [-0.15, -0.1) is 0 Å². The number of benzene rings is 2. The fraction of sp³-hybridized carbons (Fsp3) is 0.417. The standard InChI is InChI=1S/C24H30N2O7/c1-30-16-33-22-18(10-6-11-21(22)31-2)23(27)25-19-14-26(24(28)29)13-7-12-20(19)32-15-17-8-4-3-5-9-17/h3-6,8-11,19-20H,7,12-16H2,1-2H3,(H,25,27)(H,28,29)/t19-,20-/m1/s1. The molecule has 9 heteroatoms.